The molecule has 0 unspecified atom stereocenters. The summed E-state index contributed by atoms with van der Waals surface area (Å²) in [6.45, 7) is 6.62. The molecule has 2 aliphatic heterocycles. The van der Waals surface area contributed by atoms with Crippen molar-refractivity contribution in [1.29, 1.82) is 0 Å². The van der Waals surface area contributed by atoms with Gasteiger partial charge in [0.2, 0.25) is 0 Å². The number of nitrogens with one attached hydrogen (secondary N) is 1. The van der Waals surface area contributed by atoms with Gasteiger partial charge in [0.05, 0.1) is 18.0 Å². The number of benzene rings is 2. The molecule has 2 amide bonds. The molecule has 7 nitrogen and oxygen atoms in total. The second-order valence-corrected chi connectivity index (χ2v) is 8.96. The smallest absolute Gasteiger partial charge is 0.319 e. The van der Waals surface area contributed by atoms with E-state index in [-0.39, 0.29) is 0 Å². The molecule has 1 aromatic heterocycles. The van der Waals surface area contributed by atoms with Crippen molar-refractivity contribution >= 4 is 28.3 Å². The summed E-state index contributed by atoms with van der Waals surface area (Å²) in [5.74, 6) is 1.10. The van der Waals surface area contributed by atoms with Crippen molar-refractivity contribution in [3.05, 3.63) is 54.2 Å². The fourth-order valence-corrected chi connectivity index (χ4v) is 5.07. The number of urea groups is 1. The summed E-state index contributed by atoms with van der Waals surface area (Å²) in [5.41, 5.74) is 10.2. The number of piperazine rings is 1. The van der Waals surface area contributed by atoms with Crippen LogP contribution in [0.2, 0.25) is 0 Å². The van der Waals surface area contributed by atoms with Crippen molar-refractivity contribution in [3.63, 3.8) is 0 Å². The normalized spacial score (nSPS) is 16.4. The summed E-state index contributed by atoms with van der Waals surface area (Å²) in [5, 5.41) is 1.03. The van der Waals surface area contributed by atoms with Gasteiger partial charge in [-0.15, -0.1) is 0 Å². The van der Waals surface area contributed by atoms with E-state index in [2.05, 4.69) is 33.0 Å². The van der Waals surface area contributed by atoms with Crippen LogP contribution in [0.1, 0.15) is 24.8 Å². The maximum Gasteiger partial charge on any atom is 0.319 e. The van der Waals surface area contributed by atoms with Gasteiger partial charge in [-0.05, 0) is 49.9 Å². The van der Waals surface area contributed by atoms with Crippen LogP contribution in [-0.4, -0.2) is 61.8 Å². The molecule has 3 N–H and O–H groups in total. The number of nitrogens with zero attached hydrogens (tertiary/aromatic N) is 3. The van der Waals surface area contributed by atoms with Crippen LogP contribution in [-0.2, 0) is 6.42 Å². The Labute approximate surface area is 195 Å². The highest BCUT2D eigenvalue weighted by atomic mass is 16.5. The first-order valence-corrected chi connectivity index (χ1v) is 12.1. The molecule has 174 valence electrons. The molecule has 0 saturated carbocycles. The van der Waals surface area contributed by atoms with Crippen LogP contribution in [0, 0.1) is 0 Å². The lowest BCUT2D eigenvalue weighted by atomic mass is 10.0. The van der Waals surface area contributed by atoms with Gasteiger partial charge in [0, 0.05) is 49.8 Å². The molecule has 7 heteroatoms. The number of unbranched alkanes of at least 4 members (excludes halogenated alkanes) is 1. The van der Waals surface area contributed by atoms with E-state index in [1.807, 2.05) is 30.5 Å². The van der Waals surface area contributed by atoms with Crippen molar-refractivity contribution in [2.24, 2.45) is 5.73 Å². The molecule has 2 aromatic carbocycles. The van der Waals surface area contributed by atoms with Crippen LogP contribution < -0.4 is 20.3 Å². The number of amides is 2. The van der Waals surface area contributed by atoms with Crippen molar-refractivity contribution in [1.82, 2.24) is 9.88 Å². The van der Waals surface area contributed by atoms with Gasteiger partial charge >= 0.3 is 6.03 Å². The van der Waals surface area contributed by atoms with Gasteiger partial charge in [-0.25, -0.2) is 4.79 Å². The fraction of sp³-hybridized carbons (Fsp3) is 0.423. The number of primary amides is 1. The highest BCUT2D eigenvalue weighted by Gasteiger charge is 2.23. The van der Waals surface area contributed by atoms with Gasteiger partial charge in [0.25, 0.3) is 0 Å². The molecular weight excluding hydrogens is 414 g/mol. The molecule has 5 rings (SSSR count). The molecule has 1 saturated heterocycles. The maximum absolute atomic E-state index is 12.1. The van der Waals surface area contributed by atoms with E-state index in [0.717, 1.165) is 87.4 Å². The molecule has 0 bridgehead atoms. The fourth-order valence-electron chi connectivity index (χ4n) is 5.07. The number of carbonyl (C=O) groups excluding carboxylic acids is 1. The van der Waals surface area contributed by atoms with Gasteiger partial charge < -0.3 is 20.4 Å². The Hall–Kier alpha value is -3.19. The first-order chi connectivity index (χ1) is 16.2. The number of aromatic amines is 1. The quantitative estimate of drug-likeness (QED) is 0.537. The zero-order valence-electron chi connectivity index (χ0n) is 19.1. The number of H-pyrrole nitrogens is 1. The van der Waals surface area contributed by atoms with E-state index in [1.165, 1.54) is 11.3 Å². The third-order valence-corrected chi connectivity index (χ3v) is 6.86. The molecule has 2 aliphatic rings. The van der Waals surface area contributed by atoms with Gasteiger partial charge in [-0.1, -0.05) is 30.3 Å². The number of nitrogens with two attached hydrogens (primary N) is 1. The number of anilines is 2. The predicted molar refractivity (Wildman–Crippen MR) is 133 cm³/mol. The highest BCUT2D eigenvalue weighted by molar-refractivity contribution is 6.02. The third-order valence-electron chi connectivity index (χ3n) is 6.86. The second-order valence-electron chi connectivity index (χ2n) is 8.96. The number of hydrogen-bond acceptors (Lipinski definition) is 4. The number of ether oxygens (including phenoxy) is 1. The molecule has 3 heterocycles. The van der Waals surface area contributed by atoms with E-state index >= 15 is 0 Å². The summed E-state index contributed by atoms with van der Waals surface area (Å²) in [6.07, 6.45) is 6.06. The summed E-state index contributed by atoms with van der Waals surface area (Å²) < 4.78 is 6.01. The van der Waals surface area contributed by atoms with E-state index in [4.69, 9.17) is 10.5 Å². The molecule has 0 aliphatic carbocycles. The summed E-state index contributed by atoms with van der Waals surface area (Å²) >= 11 is 0. The number of rotatable bonds is 7. The van der Waals surface area contributed by atoms with Crippen LogP contribution in [0.25, 0.3) is 10.9 Å². The Balaban J connectivity index is 1.11. The van der Waals surface area contributed by atoms with Crippen LogP contribution >= 0.6 is 0 Å². The van der Waals surface area contributed by atoms with Gasteiger partial charge in [-0.3, -0.25) is 9.80 Å². The molecular formula is C26H33N5O2. The minimum Gasteiger partial charge on any atom is -0.491 e. The number of aryl methyl sites for hydroxylation is 1. The van der Waals surface area contributed by atoms with Crippen LogP contribution in [0.3, 0.4) is 0 Å². The molecule has 0 spiro atoms. The first kappa shape index (κ1) is 21.6. The molecule has 3 aromatic rings. The van der Waals surface area contributed by atoms with E-state index in [0.29, 0.717) is 6.54 Å². The van der Waals surface area contributed by atoms with E-state index < -0.39 is 6.03 Å². The molecule has 0 radical (unpaired) electrons. The molecule has 1 fully saturated rings. The minimum absolute atomic E-state index is 0.401. The first-order valence-electron chi connectivity index (χ1n) is 12.1. The maximum atomic E-state index is 12.1. The zero-order chi connectivity index (χ0) is 22.6. The Morgan fingerprint density at radius 3 is 2.76 bits per heavy atom. The number of carbonyl (C=O) groups is 1. The predicted octanol–water partition coefficient (Wildman–Crippen LogP) is 3.98. The van der Waals surface area contributed by atoms with E-state index in [9.17, 15) is 4.79 Å². The average molecular weight is 448 g/mol. The van der Waals surface area contributed by atoms with Gasteiger partial charge in [-0.2, -0.15) is 0 Å². The largest absolute Gasteiger partial charge is 0.491 e. The number of hydrogen-bond donors (Lipinski definition) is 2. The minimum atomic E-state index is -0.401. The summed E-state index contributed by atoms with van der Waals surface area (Å²) in [4.78, 5) is 22.0. The second kappa shape index (κ2) is 9.75. The lowest BCUT2D eigenvalue weighted by Crippen LogP contribution is -2.47. The zero-order valence-corrected chi connectivity index (χ0v) is 19.1. The van der Waals surface area contributed by atoms with Crippen molar-refractivity contribution in [3.8, 4) is 5.75 Å². The van der Waals surface area contributed by atoms with E-state index in [1.54, 1.807) is 4.90 Å². The number of aromatic nitrogens is 1. The SMILES string of the molecule is NC(=O)N(CCCCN1CCN(c2cccc3c2OCCC3)CC1)c1c[nH]c2ccccc12. The Morgan fingerprint density at radius 2 is 1.91 bits per heavy atom. The lowest BCUT2D eigenvalue weighted by Gasteiger charge is -2.37. The Bertz CT molecular complexity index is 1100. The van der Waals surface area contributed by atoms with Crippen LogP contribution in [0.15, 0.2) is 48.7 Å². The Kier molecular flexibility index (Phi) is 6.39. The molecule has 0 atom stereocenters. The summed E-state index contributed by atoms with van der Waals surface area (Å²) in [6, 6.07) is 14.1. The van der Waals surface area contributed by atoms with Crippen molar-refractivity contribution < 1.29 is 9.53 Å². The number of fused-ring (bicyclic) bond motifs is 2. The van der Waals surface area contributed by atoms with Crippen molar-refractivity contribution in [2.45, 2.75) is 25.7 Å². The van der Waals surface area contributed by atoms with Crippen LogP contribution in [0.4, 0.5) is 16.2 Å². The lowest BCUT2D eigenvalue weighted by molar-refractivity contribution is 0.247. The Morgan fingerprint density at radius 1 is 1.06 bits per heavy atom. The standard InChI is InChI=1S/C26H33N5O2/c27-26(32)31(24-19-28-22-10-2-1-9-21(22)24)13-4-3-12-29-14-16-30(17-15-29)23-11-5-7-20-8-6-18-33-25(20)23/h1-2,5,7,9-11,19,28H,3-4,6,8,12-18H2,(H2,27,32). The van der Waals surface area contributed by atoms with Crippen molar-refractivity contribution in [2.75, 3.05) is 55.7 Å². The average Bonchev–Trinajstić information content (AvgIpc) is 3.28. The topological polar surface area (TPSA) is 77.8 Å². The summed E-state index contributed by atoms with van der Waals surface area (Å²) in [7, 11) is 0. The van der Waals surface area contributed by atoms with Crippen LogP contribution in [0.5, 0.6) is 5.75 Å². The number of para-hydroxylation sites is 2. The monoisotopic (exact) mass is 447 g/mol. The van der Waals surface area contributed by atoms with Gasteiger partial charge in [0.15, 0.2) is 0 Å². The third kappa shape index (κ3) is 4.64. The van der Waals surface area contributed by atoms with Gasteiger partial charge in [0.1, 0.15) is 5.75 Å². The highest BCUT2D eigenvalue weighted by Crippen LogP contribution is 2.36. The molecule has 33 heavy (non-hydrogen) atoms.